The fourth-order valence-electron chi connectivity index (χ4n) is 3.23. The van der Waals surface area contributed by atoms with Crippen LogP contribution in [0.4, 0.5) is 15.8 Å². The Balaban J connectivity index is 2.23. The predicted octanol–water partition coefficient (Wildman–Crippen LogP) is 4.81. The Hall–Kier alpha value is -1.65. The number of nitro benzene ring substituents is 1. The number of nitrogens with one attached hydrogen (secondary N) is 1. The smallest absolute Gasteiger partial charge is 0.295 e. The quantitative estimate of drug-likeness (QED) is 0.626. The van der Waals surface area contributed by atoms with E-state index in [2.05, 4.69) is 12.2 Å². The summed E-state index contributed by atoms with van der Waals surface area (Å²) in [6.45, 7) is 3.72. The van der Waals surface area contributed by atoms with Crippen LogP contribution in [0, 0.1) is 28.8 Å². The molecule has 1 fully saturated rings. The maximum Gasteiger partial charge on any atom is 0.295 e. The first kappa shape index (κ1) is 15.7. The fourth-order valence-corrected chi connectivity index (χ4v) is 3.23. The van der Waals surface area contributed by atoms with E-state index in [-0.39, 0.29) is 11.7 Å². The van der Waals surface area contributed by atoms with Gasteiger partial charge in [0.2, 0.25) is 0 Å². The summed E-state index contributed by atoms with van der Waals surface area (Å²) in [6.07, 6.45) is 6.99. The third kappa shape index (κ3) is 3.71. The summed E-state index contributed by atoms with van der Waals surface area (Å²) >= 11 is 0. The monoisotopic (exact) mass is 294 g/mol. The van der Waals surface area contributed by atoms with Crippen molar-refractivity contribution in [1.82, 2.24) is 0 Å². The highest BCUT2D eigenvalue weighted by atomic mass is 19.1. The van der Waals surface area contributed by atoms with Crippen LogP contribution in [0.25, 0.3) is 0 Å². The Kier molecular flexibility index (Phi) is 5.15. The standard InChI is InChI=1S/C16H23FN2O2/c1-3-14(12-7-5-4-6-8-12)18-15-9-11(2)13(17)10-16(15)19(20)21/h9-10,12,14,18H,3-8H2,1-2H3. The molecule has 1 atom stereocenters. The van der Waals surface area contributed by atoms with Crippen LogP contribution in [0.3, 0.4) is 0 Å². The summed E-state index contributed by atoms with van der Waals surface area (Å²) in [7, 11) is 0. The third-order valence-corrected chi connectivity index (χ3v) is 4.47. The number of nitro groups is 1. The van der Waals surface area contributed by atoms with Gasteiger partial charge in [-0.05, 0) is 43.7 Å². The molecule has 0 spiro atoms. The van der Waals surface area contributed by atoms with Crippen molar-refractivity contribution in [3.05, 3.63) is 33.6 Å². The van der Waals surface area contributed by atoms with E-state index in [1.165, 1.54) is 32.1 Å². The number of anilines is 1. The fraction of sp³-hybridized carbons (Fsp3) is 0.625. The SMILES string of the molecule is CCC(Nc1cc(C)c(F)cc1[N+](=O)[O-])C1CCCCC1. The van der Waals surface area contributed by atoms with Crippen molar-refractivity contribution in [3.8, 4) is 0 Å². The molecule has 2 rings (SSSR count). The summed E-state index contributed by atoms with van der Waals surface area (Å²) in [5.41, 5.74) is 0.699. The second-order valence-electron chi connectivity index (χ2n) is 5.93. The normalized spacial score (nSPS) is 17.5. The Bertz CT molecular complexity index is 513. The first-order chi connectivity index (χ1) is 10.0. The lowest BCUT2D eigenvalue weighted by Crippen LogP contribution is -2.30. The lowest BCUT2D eigenvalue weighted by Gasteiger charge is -2.31. The molecular weight excluding hydrogens is 271 g/mol. The van der Waals surface area contributed by atoms with Crippen LogP contribution in [-0.4, -0.2) is 11.0 Å². The van der Waals surface area contributed by atoms with E-state index >= 15 is 0 Å². The van der Waals surface area contributed by atoms with Crippen LogP contribution < -0.4 is 5.32 Å². The van der Waals surface area contributed by atoms with Gasteiger partial charge in [0.1, 0.15) is 11.5 Å². The van der Waals surface area contributed by atoms with Crippen LogP contribution in [0.1, 0.15) is 51.0 Å². The molecule has 1 saturated carbocycles. The van der Waals surface area contributed by atoms with Crippen molar-refractivity contribution in [1.29, 1.82) is 0 Å². The second-order valence-corrected chi connectivity index (χ2v) is 5.93. The maximum atomic E-state index is 13.6. The lowest BCUT2D eigenvalue weighted by atomic mass is 9.83. The summed E-state index contributed by atoms with van der Waals surface area (Å²) in [4.78, 5) is 10.6. The highest BCUT2D eigenvalue weighted by Gasteiger charge is 2.25. The lowest BCUT2D eigenvalue weighted by molar-refractivity contribution is -0.384. The van der Waals surface area contributed by atoms with E-state index in [4.69, 9.17) is 0 Å². The average Bonchev–Trinajstić information content (AvgIpc) is 2.48. The van der Waals surface area contributed by atoms with Gasteiger partial charge >= 0.3 is 0 Å². The van der Waals surface area contributed by atoms with Crippen molar-refractivity contribution in [2.24, 2.45) is 5.92 Å². The predicted molar refractivity (Wildman–Crippen MR) is 82.1 cm³/mol. The zero-order valence-electron chi connectivity index (χ0n) is 12.7. The molecule has 1 aliphatic carbocycles. The molecule has 5 heteroatoms. The molecule has 116 valence electrons. The number of benzene rings is 1. The van der Waals surface area contributed by atoms with Crippen LogP contribution in [0.15, 0.2) is 12.1 Å². The number of rotatable bonds is 5. The highest BCUT2D eigenvalue weighted by molar-refractivity contribution is 5.63. The minimum absolute atomic E-state index is 0.174. The second kappa shape index (κ2) is 6.87. The zero-order chi connectivity index (χ0) is 15.4. The van der Waals surface area contributed by atoms with Crippen LogP contribution >= 0.6 is 0 Å². The van der Waals surface area contributed by atoms with Crippen LogP contribution in [0.2, 0.25) is 0 Å². The molecule has 0 amide bonds. The highest BCUT2D eigenvalue weighted by Crippen LogP contribution is 2.33. The van der Waals surface area contributed by atoms with Crippen molar-refractivity contribution < 1.29 is 9.31 Å². The summed E-state index contributed by atoms with van der Waals surface area (Å²) in [5.74, 6) is 0.0201. The molecule has 1 aromatic rings. The molecule has 0 aliphatic heterocycles. The molecule has 1 unspecified atom stereocenters. The van der Waals surface area contributed by atoms with Gasteiger partial charge in [-0.15, -0.1) is 0 Å². The van der Waals surface area contributed by atoms with Crippen molar-refractivity contribution in [2.75, 3.05) is 5.32 Å². The summed E-state index contributed by atoms with van der Waals surface area (Å²) < 4.78 is 13.6. The summed E-state index contributed by atoms with van der Waals surface area (Å²) in [6, 6.07) is 2.79. The first-order valence-electron chi connectivity index (χ1n) is 7.74. The Morgan fingerprint density at radius 2 is 2.05 bits per heavy atom. The molecular formula is C16H23FN2O2. The molecule has 21 heavy (non-hydrogen) atoms. The summed E-state index contributed by atoms with van der Waals surface area (Å²) in [5, 5.41) is 14.4. The molecule has 0 bridgehead atoms. The number of halogens is 1. The van der Waals surface area contributed by atoms with Crippen molar-refractivity contribution in [2.45, 2.75) is 58.4 Å². The number of aryl methyl sites for hydroxylation is 1. The third-order valence-electron chi connectivity index (χ3n) is 4.47. The Morgan fingerprint density at radius 3 is 2.62 bits per heavy atom. The van der Waals surface area contributed by atoms with Crippen LogP contribution in [0.5, 0.6) is 0 Å². The Morgan fingerprint density at radius 1 is 1.38 bits per heavy atom. The molecule has 4 nitrogen and oxygen atoms in total. The molecule has 0 heterocycles. The molecule has 1 aromatic carbocycles. The maximum absolute atomic E-state index is 13.6. The van der Waals surface area contributed by atoms with Gasteiger partial charge in [-0.2, -0.15) is 0 Å². The van der Waals surface area contributed by atoms with Crippen molar-refractivity contribution >= 4 is 11.4 Å². The number of hydrogen-bond acceptors (Lipinski definition) is 3. The van der Waals surface area contributed by atoms with Gasteiger partial charge < -0.3 is 5.32 Å². The minimum atomic E-state index is -0.530. The van der Waals surface area contributed by atoms with Gasteiger partial charge in [-0.1, -0.05) is 26.2 Å². The number of hydrogen-bond donors (Lipinski definition) is 1. The Labute approximate surface area is 124 Å². The largest absolute Gasteiger partial charge is 0.376 e. The molecule has 1 aliphatic rings. The first-order valence-corrected chi connectivity index (χ1v) is 7.74. The van der Waals surface area contributed by atoms with Crippen molar-refractivity contribution in [3.63, 3.8) is 0 Å². The minimum Gasteiger partial charge on any atom is -0.376 e. The molecule has 0 radical (unpaired) electrons. The van der Waals surface area contributed by atoms with Gasteiger partial charge in [0.15, 0.2) is 0 Å². The van der Waals surface area contributed by atoms with Gasteiger partial charge in [-0.3, -0.25) is 10.1 Å². The topological polar surface area (TPSA) is 55.2 Å². The van der Waals surface area contributed by atoms with Gasteiger partial charge in [0.25, 0.3) is 5.69 Å². The van der Waals surface area contributed by atoms with Gasteiger partial charge in [-0.25, -0.2) is 4.39 Å². The molecule has 0 saturated heterocycles. The van der Waals surface area contributed by atoms with E-state index in [0.717, 1.165) is 12.5 Å². The zero-order valence-corrected chi connectivity index (χ0v) is 12.7. The molecule has 0 aromatic heterocycles. The van der Waals surface area contributed by atoms with E-state index in [9.17, 15) is 14.5 Å². The van der Waals surface area contributed by atoms with E-state index < -0.39 is 10.7 Å². The number of nitrogens with zero attached hydrogens (tertiary/aromatic N) is 1. The van der Waals surface area contributed by atoms with E-state index in [0.29, 0.717) is 17.2 Å². The van der Waals surface area contributed by atoms with E-state index in [1.54, 1.807) is 13.0 Å². The molecule has 1 N–H and O–H groups in total. The van der Waals surface area contributed by atoms with Crippen LogP contribution in [-0.2, 0) is 0 Å². The van der Waals surface area contributed by atoms with Gasteiger partial charge in [0, 0.05) is 6.04 Å². The van der Waals surface area contributed by atoms with E-state index in [1.807, 2.05) is 0 Å². The average molecular weight is 294 g/mol. The van der Waals surface area contributed by atoms with Gasteiger partial charge in [0.05, 0.1) is 11.0 Å².